The number of benzene rings is 1. The first kappa shape index (κ1) is 13.8. The molecule has 0 radical (unpaired) electrons. The van der Waals surface area contributed by atoms with Crippen molar-refractivity contribution in [1.29, 1.82) is 0 Å². The molecule has 0 bridgehead atoms. The normalized spacial score (nSPS) is 22.2. The summed E-state index contributed by atoms with van der Waals surface area (Å²) >= 11 is 5.83. The van der Waals surface area contributed by atoms with E-state index < -0.39 is 0 Å². The second-order valence-corrected chi connectivity index (χ2v) is 5.48. The van der Waals surface area contributed by atoms with Crippen LogP contribution in [-0.2, 0) is 12.0 Å². The zero-order valence-electron chi connectivity index (χ0n) is 10.9. The summed E-state index contributed by atoms with van der Waals surface area (Å²) in [6.07, 6.45) is 5.14. The first-order chi connectivity index (χ1) is 8.72. The van der Waals surface area contributed by atoms with E-state index in [1.807, 2.05) is 6.07 Å². The van der Waals surface area contributed by atoms with Gasteiger partial charge in [-0.1, -0.05) is 13.0 Å². The maximum Gasteiger partial charge on any atom is 0.123 e. The first-order valence-corrected chi connectivity index (χ1v) is 7.35. The molecule has 18 heavy (non-hydrogen) atoms. The summed E-state index contributed by atoms with van der Waals surface area (Å²) < 4.78 is 13.5. The third-order valence-electron chi connectivity index (χ3n) is 3.86. The van der Waals surface area contributed by atoms with Gasteiger partial charge in [0, 0.05) is 11.4 Å². The molecule has 1 atom stereocenters. The van der Waals surface area contributed by atoms with Gasteiger partial charge in [-0.25, -0.2) is 4.39 Å². The zero-order chi connectivity index (χ0) is 13.0. The molecule has 0 fully saturated rings. The van der Waals surface area contributed by atoms with Gasteiger partial charge in [0.1, 0.15) is 5.82 Å². The summed E-state index contributed by atoms with van der Waals surface area (Å²) in [6.45, 7) is 3.13. The van der Waals surface area contributed by atoms with Crippen molar-refractivity contribution in [3.8, 4) is 0 Å². The van der Waals surface area contributed by atoms with Crippen molar-refractivity contribution in [2.75, 3.05) is 12.4 Å². The summed E-state index contributed by atoms with van der Waals surface area (Å²) in [5.41, 5.74) is 2.39. The van der Waals surface area contributed by atoms with Crippen LogP contribution in [0.25, 0.3) is 0 Å². The number of aryl methyl sites for hydroxylation is 1. The molecule has 3 heteroatoms. The summed E-state index contributed by atoms with van der Waals surface area (Å²) in [5, 5.41) is 3.64. The standard InChI is InChI=1S/C15H21ClFN/c1-2-10-18-15(7-3-9-16)8-6-12-4-5-13(17)11-14(12)15/h4-5,11,18H,2-3,6-10H2,1H3. The molecule has 0 amide bonds. The molecule has 2 rings (SSSR count). The fourth-order valence-electron chi connectivity index (χ4n) is 2.96. The van der Waals surface area contributed by atoms with Crippen LogP contribution >= 0.6 is 11.6 Å². The SMILES string of the molecule is CCCNC1(CCCCl)CCc2ccc(F)cc21. The van der Waals surface area contributed by atoms with Crippen LogP contribution in [0.1, 0.15) is 43.7 Å². The van der Waals surface area contributed by atoms with E-state index in [1.54, 1.807) is 12.1 Å². The van der Waals surface area contributed by atoms with E-state index >= 15 is 0 Å². The van der Waals surface area contributed by atoms with Crippen LogP contribution in [0.15, 0.2) is 18.2 Å². The van der Waals surface area contributed by atoms with Crippen molar-refractivity contribution < 1.29 is 4.39 Å². The Balaban J connectivity index is 2.28. The van der Waals surface area contributed by atoms with Gasteiger partial charge < -0.3 is 5.32 Å². The third-order valence-corrected chi connectivity index (χ3v) is 4.13. The molecule has 0 saturated carbocycles. The second kappa shape index (κ2) is 6.03. The molecule has 1 aliphatic rings. The van der Waals surface area contributed by atoms with Crippen molar-refractivity contribution in [3.63, 3.8) is 0 Å². The Morgan fingerprint density at radius 3 is 3.00 bits per heavy atom. The molecule has 0 heterocycles. The highest BCUT2D eigenvalue weighted by Crippen LogP contribution is 2.40. The van der Waals surface area contributed by atoms with Gasteiger partial charge in [0.15, 0.2) is 0 Å². The van der Waals surface area contributed by atoms with Crippen LogP contribution < -0.4 is 5.32 Å². The molecule has 0 saturated heterocycles. The predicted molar refractivity (Wildman–Crippen MR) is 74.6 cm³/mol. The highest BCUT2D eigenvalue weighted by Gasteiger charge is 2.37. The molecule has 100 valence electrons. The summed E-state index contributed by atoms with van der Waals surface area (Å²) in [4.78, 5) is 0. The monoisotopic (exact) mass is 269 g/mol. The maximum absolute atomic E-state index is 13.5. The Morgan fingerprint density at radius 1 is 1.44 bits per heavy atom. The van der Waals surface area contributed by atoms with E-state index in [0.717, 1.165) is 44.2 Å². The number of hydrogen-bond acceptors (Lipinski definition) is 1. The fraction of sp³-hybridized carbons (Fsp3) is 0.600. The van der Waals surface area contributed by atoms with Gasteiger partial charge in [0.2, 0.25) is 0 Å². The lowest BCUT2D eigenvalue weighted by molar-refractivity contribution is 0.304. The van der Waals surface area contributed by atoms with Gasteiger partial charge in [-0.05, 0) is 61.9 Å². The number of hydrogen-bond donors (Lipinski definition) is 1. The lowest BCUT2D eigenvalue weighted by Gasteiger charge is -2.32. The van der Waals surface area contributed by atoms with E-state index in [1.165, 1.54) is 5.56 Å². The smallest absolute Gasteiger partial charge is 0.123 e. The molecule has 1 nitrogen and oxygen atoms in total. The number of halogens is 2. The summed E-state index contributed by atoms with van der Waals surface area (Å²) in [7, 11) is 0. The van der Waals surface area contributed by atoms with Gasteiger partial charge in [-0.3, -0.25) is 0 Å². The van der Waals surface area contributed by atoms with E-state index in [2.05, 4.69) is 12.2 Å². The number of alkyl halides is 1. The fourth-order valence-corrected chi connectivity index (χ4v) is 3.09. The minimum Gasteiger partial charge on any atom is -0.307 e. The number of nitrogens with one attached hydrogen (secondary N) is 1. The van der Waals surface area contributed by atoms with Gasteiger partial charge in [0.05, 0.1) is 0 Å². The van der Waals surface area contributed by atoms with E-state index in [-0.39, 0.29) is 11.4 Å². The van der Waals surface area contributed by atoms with Gasteiger partial charge >= 0.3 is 0 Å². The molecule has 0 spiro atoms. The third kappa shape index (κ3) is 2.70. The maximum atomic E-state index is 13.5. The van der Waals surface area contributed by atoms with E-state index in [9.17, 15) is 4.39 Å². The van der Waals surface area contributed by atoms with Crippen molar-refractivity contribution in [3.05, 3.63) is 35.1 Å². The van der Waals surface area contributed by atoms with Crippen molar-refractivity contribution >= 4 is 11.6 Å². The van der Waals surface area contributed by atoms with Crippen LogP contribution in [0.2, 0.25) is 0 Å². The van der Waals surface area contributed by atoms with Gasteiger partial charge in [-0.2, -0.15) is 0 Å². The van der Waals surface area contributed by atoms with Crippen LogP contribution in [0.4, 0.5) is 4.39 Å². The molecular formula is C15H21ClFN. The van der Waals surface area contributed by atoms with Crippen LogP contribution in [0.5, 0.6) is 0 Å². The molecular weight excluding hydrogens is 249 g/mol. The average molecular weight is 270 g/mol. The Bertz CT molecular complexity index is 397. The lowest BCUT2D eigenvalue weighted by atomic mass is 9.87. The predicted octanol–water partition coefficient (Wildman–Crippen LogP) is 3.99. The molecule has 1 aliphatic carbocycles. The molecule has 1 aromatic carbocycles. The van der Waals surface area contributed by atoms with Gasteiger partial charge in [-0.15, -0.1) is 11.6 Å². The molecule has 0 aromatic heterocycles. The Labute approximate surface area is 114 Å². The van der Waals surface area contributed by atoms with Crippen molar-refractivity contribution in [1.82, 2.24) is 5.32 Å². The highest BCUT2D eigenvalue weighted by molar-refractivity contribution is 6.17. The summed E-state index contributed by atoms with van der Waals surface area (Å²) in [5.74, 6) is 0.532. The van der Waals surface area contributed by atoms with E-state index in [0.29, 0.717) is 5.88 Å². The largest absolute Gasteiger partial charge is 0.307 e. The van der Waals surface area contributed by atoms with Crippen LogP contribution in [0.3, 0.4) is 0 Å². The van der Waals surface area contributed by atoms with Crippen LogP contribution in [-0.4, -0.2) is 12.4 Å². The molecule has 1 aromatic rings. The Hall–Kier alpha value is -0.600. The van der Waals surface area contributed by atoms with Crippen molar-refractivity contribution in [2.45, 2.75) is 44.6 Å². The van der Waals surface area contributed by atoms with Gasteiger partial charge in [0.25, 0.3) is 0 Å². The topological polar surface area (TPSA) is 12.0 Å². The summed E-state index contributed by atoms with van der Waals surface area (Å²) in [6, 6.07) is 5.20. The quantitative estimate of drug-likeness (QED) is 0.770. The number of rotatable bonds is 6. The lowest BCUT2D eigenvalue weighted by Crippen LogP contribution is -2.41. The van der Waals surface area contributed by atoms with Crippen LogP contribution in [0, 0.1) is 5.82 Å². The highest BCUT2D eigenvalue weighted by atomic mass is 35.5. The molecule has 1 N–H and O–H groups in total. The average Bonchev–Trinajstić information content (AvgIpc) is 2.73. The minimum atomic E-state index is -0.135. The zero-order valence-corrected chi connectivity index (χ0v) is 11.7. The minimum absolute atomic E-state index is 0.0532. The first-order valence-electron chi connectivity index (χ1n) is 6.82. The molecule has 0 aliphatic heterocycles. The Morgan fingerprint density at radius 2 is 2.28 bits per heavy atom. The molecule has 1 unspecified atom stereocenters. The Kier molecular flexibility index (Phi) is 4.63. The van der Waals surface area contributed by atoms with Crippen molar-refractivity contribution in [2.24, 2.45) is 0 Å². The van der Waals surface area contributed by atoms with E-state index in [4.69, 9.17) is 11.6 Å². The number of fused-ring (bicyclic) bond motifs is 1. The second-order valence-electron chi connectivity index (χ2n) is 5.10.